The third-order valence-corrected chi connectivity index (χ3v) is 8.14. The van der Waals surface area contributed by atoms with E-state index in [9.17, 15) is 0 Å². The molecule has 3 nitrogen and oxygen atoms in total. The maximum Gasteiger partial charge on any atom is 0.0782 e. The summed E-state index contributed by atoms with van der Waals surface area (Å²) in [5.74, 6) is 0.919. The van der Waals surface area contributed by atoms with E-state index >= 15 is 0 Å². The summed E-state index contributed by atoms with van der Waals surface area (Å²) >= 11 is 0. The van der Waals surface area contributed by atoms with E-state index in [2.05, 4.69) is 97.5 Å². The van der Waals surface area contributed by atoms with Crippen LogP contribution in [0.2, 0.25) is 0 Å². The summed E-state index contributed by atoms with van der Waals surface area (Å²) in [5.41, 5.74) is 8.76. The summed E-state index contributed by atoms with van der Waals surface area (Å²) in [4.78, 5) is 4.38. The van der Waals surface area contributed by atoms with Gasteiger partial charge in [0.05, 0.1) is 5.54 Å². The van der Waals surface area contributed by atoms with Crippen molar-refractivity contribution >= 4 is 6.21 Å². The fourth-order valence-electron chi connectivity index (χ4n) is 5.90. The maximum absolute atomic E-state index is 4.38. The van der Waals surface area contributed by atoms with Crippen LogP contribution in [0.5, 0.6) is 0 Å². The number of aromatic nitrogens is 1. The Bertz CT molecular complexity index is 1130. The second kappa shape index (κ2) is 12.0. The lowest BCUT2D eigenvalue weighted by Gasteiger charge is -2.36. The van der Waals surface area contributed by atoms with Gasteiger partial charge in [0, 0.05) is 43.5 Å². The monoisotopic (exact) mass is 483 g/mol. The van der Waals surface area contributed by atoms with Gasteiger partial charge in [-0.3, -0.25) is 4.99 Å². The molecule has 2 heterocycles. The van der Waals surface area contributed by atoms with Crippen molar-refractivity contribution in [3.63, 3.8) is 0 Å². The molecule has 3 heteroatoms. The Balaban J connectivity index is 1.61. The highest BCUT2D eigenvalue weighted by atomic mass is 15.0. The van der Waals surface area contributed by atoms with Gasteiger partial charge in [-0.1, -0.05) is 81.9 Å². The van der Waals surface area contributed by atoms with Crippen molar-refractivity contribution in [3.8, 4) is 11.1 Å². The summed E-state index contributed by atoms with van der Waals surface area (Å²) in [5, 5.41) is 4.01. The van der Waals surface area contributed by atoms with E-state index in [-0.39, 0.29) is 5.54 Å². The zero-order chi connectivity index (χ0) is 25.5. The summed E-state index contributed by atoms with van der Waals surface area (Å²) in [7, 11) is 3.98. The first-order chi connectivity index (χ1) is 17.4. The minimum atomic E-state index is -0.246. The molecule has 1 aromatic heterocycles. The van der Waals surface area contributed by atoms with Gasteiger partial charge in [0.25, 0.3) is 0 Å². The molecular weight excluding hydrogens is 438 g/mol. The molecule has 1 unspecified atom stereocenters. The molecule has 2 aliphatic rings. The largest absolute Gasteiger partial charge is 0.375 e. The summed E-state index contributed by atoms with van der Waals surface area (Å²) in [6.45, 7) is 6.68. The Labute approximate surface area is 219 Å². The van der Waals surface area contributed by atoms with Crippen molar-refractivity contribution < 1.29 is 0 Å². The number of benzene rings is 1. The zero-order valence-corrected chi connectivity index (χ0v) is 23.1. The summed E-state index contributed by atoms with van der Waals surface area (Å²) < 4.78 is 2.19. The normalized spacial score (nSPS) is 21.4. The lowest BCUT2D eigenvalue weighted by atomic mass is 9.83. The lowest BCUT2D eigenvalue weighted by molar-refractivity contribution is 0.330. The van der Waals surface area contributed by atoms with Crippen LogP contribution in [-0.4, -0.2) is 17.8 Å². The molecule has 1 fully saturated rings. The number of allylic oxidation sites excluding steroid dienone is 5. The van der Waals surface area contributed by atoms with Crippen LogP contribution in [0, 0.1) is 12.8 Å². The number of aliphatic imine (C=N–C) groups is 1. The van der Waals surface area contributed by atoms with E-state index in [0.717, 1.165) is 18.8 Å². The second-order valence-corrected chi connectivity index (χ2v) is 11.0. The SMILES string of the molecule is CC/C=C(\C=NC)C1=C(CCCC2CCCCC2)NC(C)(c2cccc(-c3cc(C)n(C)c3)c2)C=C1. The van der Waals surface area contributed by atoms with Gasteiger partial charge in [-0.05, 0) is 73.4 Å². The summed E-state index contributed by atoms with van der Waals surface area (Å²) in [6, 6.07) is 11.3. The Hall–Kier alpha value is -2.81. The number of hydrogen-bond acceptors (Lipinski definition) is 2. The molecule has 1 atom stereocenters. The lowest BCUT2D eigenvalue weighted by Crippen LogP contribution is -2.40. The fourth-order valence-corrected chi connectivity index (χ4v) is 5.90. The van der Waals surface area contributed by atoms with Crippen LogP contribution in [0.3, 0.4) is 0 Å². The van der Waals surface area contributed by atoms with Gasteiger partial charge in [-0.2, -0.15) is 0 Å². The van der Waals surface area contributed by atoms with Crippen LogP contribution in [0.15, 0.2) is 76.6 Å². The van der Waals surface area contributed by atoms with E-state index in [1.54, 1.807) is 0 Å². The van der Waals surface area contributed by atoms with Gasteiger partial charge < -0.3 is 9.88 Å². The van der Waals surface area contributed by atoms with Gasteiger partial charge in [0.15, 0.2) is 0 Å². The van der Waals surface area contributed by atoms with Gasteiger partial charge in [0.2, 0.25) is 0 Å². The standard InChI is InChI=1S/C33H45N3/c1-6-12-28(23-34-4)31-19-20-33(3,35-32(31)18-10-15-26-13-8-7-9-14-26)30-17-11-16-27(22-30)29-21-25(2)36(5)24-29/h11-12,16-17,19-24,26,35H,6-10,13-15,18H2,1-5H3/b28-12+,34-23?. The molecule has 0 bridgehead atoms. The van der Waals surface area contributed by atoms with Crippen molar-refractivity contribution in [3.05, 3.63) is 82.9 Å². The van der Waals surface area contributed by atoms with Gasteiger partial charge in [-0.15, -0.1) is 0 Å². The van der Waals surface area contributed by atoms with E-state index in [1.165, 1.54) is 84.2 Å². The highest BCUT2D eigenvalue weighted by molar-refractivity contribution is 5.86. The maximum atomic E-state index is 4.38. The predicted molar refractivity (Wildman–Crippen MR) is 155 cm³/mol. The van der Waals surface area contributed by atoms with Crippen LogP contribution in [0.4, 0.5) is 0 Å². The molecule has 1 saturated carbocycles. The van der Waals surface area contributed by atoms with Crippen molar-refractivity contribution in [1.82, 2.24) is 9.88 Å². The molecule has 1 aromatic carbocycles. The molecule has 0 saturated heterocycles. The molecule has 1 aliphatic carbocycles. The van der Waals surface area contributed by atoms with Crippen LogP contribution in [-0.2, 0) is 12.6 Å². The summed E-state index contributed by atoms with van der Waals surface area (Å²) in [6.07, 6.45) is 23.0. The smallest absolute Gasteiger partial charge is 0.0782 e. The number of hydrogen-bond donors (Lipinski definition) is 1. The first-order valence-corrected chi connectivity index (χ1v) is 14.0. The molecule has 0 spiro atoms. The van der Waals surface area contributed by atoms with E-state index in [0.29, 0.717) is 0 Å². The molecule has 2 aromatic rings. The molecule has 192 valence electrons. The number of aryl methyl sites for hydroxylation is 2. The van der Waals surface area contributed by atoms with Gasteiger partial charge in [-0.25, -0.2) is 0 Å². The van der Waals surface area contributed by atoms with Crippen molar-refractivity contribution in [2.45, 2.75) is 84.1 Å². The predicted octanol–water partition coefficient (Wildman–Crippen LogP) is 8.42. The molecule has 36 heavy (non-hydrogen) atoms. The molecule has 4 rings (SSSR count). The molecular formula is C33H45N3. The van der Waals surface area contributed by atoms with Gasteiger partial charge >= 0.3 is 0 Å². The van der Waals surface area contributed by atoms with Crippen molar-refractivity contribution in [2.24, 2.45) is 18.0 Å². The second-order valence-electron chi connectivity index (χ2n) is 11.0. The average molecular weight is 484 g/mol. The molecule has 1 aliphatic heterocycles. The first kappa shape index (κ1) is 26.3. The minimum absolute atomic E-state index is 0.246. The Morgan fingerprint density at radius 3 is 2.67 bits per heavy atom. The third-order valence-electron chi connectivity index (χ3n) is 8.14. The van der Waals surface area contributed by atoms with E-state index in [4.69, 9.17) is 0 Å². The Kier molecular flexibility index (Phi) is 8.72. The molecule has 0 amide bonds. The van der Waals surface area contributed by atoms with E-state index < -0.39 is 0 Å². The van der Waals surface area contributed by atoms with Crippen LogP contribution >= 0.6 is 0 Å². The Morgan fingerprint density at radius 1 is 1.17 bits per heavy atom. The Morgan fingerprint density at radius 2 is 1.97 bits per heavy atom. The topological polar surface area (TPSA) is 29.3 Å². The van der Waals surface area contributed by atoms with Crippen molar-refractivity contribution in [2.75, 3.05) is 7.05 Å². The fraction of sp³-hybridized carbons (Fsp3) is 0.485. The number of nitrogens with zero attached hydrogens (tertiary/aromatic N) is 2. The minimum Gasteiger partial charge on any atom is -0.375 e. The highest BCUT2D eigenvalue weighted by Gasteiger charge is 2.29. The molecule has 0 radical (unpaired) electrons. The van der Waals surface area contributed by atoms with Crippen LogP contribution < -0.4 is 5.32 Å². The van der Waals surface area contributed by atoms with Crippen molar-refractivity contribution in [1.29, 1.82) is 0 Å². The van der Waals surface area contributed by atoms with Crippen LogP contribution in [0.25, 0.3) is 11.1 Å². The van der Waals surface area contributed by atoms with Crippen LogP contribution in [0.1, 0.15) is 82.9 Å². The van der Waals surface area contributed by atoms with Gasteiger partial charge in [0.1, 0.15) is 0 Å². The van der Waals surface area contributed by atoms with E-state index in [1.807, 2.05) is 13.3 Å². The number of rotatable bonds is 9. The third kappa shape index (κ3) is 6.11. The average Bonchev–Trinajstić information content (AvgIpc) is 3.23. The highest BCUT2D eigenvalue weighted by Crippen LogP contribution is 2.36. The number of dihydropyridines is 1. The quantitative estimate of drug-likeness (QED) is 0.356. The molecule has 1 N–H and O–H groups in total. The zero-order valence-electron chi connectivity index (χ0n) is 23.1. The first-order valence-electron chi connectivity index (χ1n) is 14.0. The number of nitrogens with one attached hydrogen (secondary N) is 1.